The number of aryl methyl sites for hydroxylation is 1. The quantitative estimate of drug-likeness (QED) is 0.724. The van der Waals surface area contributed by atoms with Gasteiger partial charge in [-0.05, 0) is 65.0 Å². The molecule has 4 atom stereocenters. The Morgan fingerprint density at radius 2 is 1.71 bits per heavy atom. The molecule has 2 nitrogen and oxygen atoms in total. The van der Waals surface area contributed by atoms with Gasteiger partial charge in [0.05, 0.1) is 19.3 Å². The van der Waals surface area contributed by atoms with Crippen LogP contribution in [0.3, 0.4) is 0 Å². The molecule has 0 amide bonds. The van der Waals surface area contributed by atoms with Gasteiger partial charge in [0.2, 0.25) is 0 Å². The molecule has 0 saturated heterocycles. The zero-order valence-corrected chi connectivity index (χ0v) is 17.5. The molecular weight excluding hydrogens is 344 g/mol. The summed E-state index contributed by atoms with van der Waals surface area (Å²) >= 11 is 0. The van der Waals surface area contributed by atoms with E-state index in [4.69, 9.17) is 4.74 Å². The lowest BCUT2D eigenvalue weighted by Gasteiger charge is -2.59. The largest absolute Gasteiger partial charge is 0.394 e. The van der Waals surface area contributed by atoms with Gasteiger partial charge in [-0.2, -0.15) is 0 Å². The molecule has 0 aliphatic heterocycles. The van der Waals surface area contributed by atoms with E-state index in [0.717, 1.165) is 6.42 Å². The van der Waals surface area contributed by atoms with Gasteiger partial charge < -0.3 is 9.84 Å². The first-order valence-corrected chi connectivity index (χ1v) is 10.8. The number of aliphatic hydroxyl groups excluding tert-OH is 1. The molecule has 0 bridgehead atoms. The van der Waals surface area contributed by atoms with Gasteiger partial charge in [-0.15, -0.1) is 0 Å². The van der Waals surface area contributed by atoms with Gasteiger partial charge in [0, 0.05) is 0 Å². The van der Waals surface area contributed by atoms with Crippen LogP contribution in [-0.4, -0.2) is 18.3 Å². The Labute approximate surface area is 169 Å². The fraction of sp³-hybridized carbons (Fsp3) is 0.538. The van der Waals surface area contributed by atoms with E-state index in [2.05, 4.69) is 75.4 Å². The molecule has 1 fully saturated rings. The van der Waals surface area contributed by atoms with Crippen molar-refractivity contribution in [2.24, 2.45) is 17.3 Å². The van der Waals surface area contributed by atoms with E-state index < -0.39 is 0 Å². The van der Waals surface area contributed by atoms with Crippen molar-refractivity contribution in [2.45, 2.75) is 58.0 Å². The highest BCUT2D eigenvalue weighted by Gasteiger charge is 2.55. The highest BCUT2D eigenvalue weighted by Crippen LogP contribution is 2.61. The molecule has 2 aromatic carbocycles. The number of fused-ring (bicyclic) bond motifs is 3. The summed E-state index contributed by atoms with van der Waals surface area (Å²) < 4.78 is 6.28. The number of benzene rings is 2. The Morgan fingerprint density at radius 3 is 2.46 bits per heavy atom. The Balaban J connectivity index is 1.70. The molecule has 2 unspecified atom stereocenters. The molecule has 0 radical (unpaired) electrons. The predicted octanol–water partition coefficient (Wildman–Crippen LogP) is 5.69. The third kappa shape index (κ3) is 3.21. The van der Waals surface area contributed by atoms with E-state index in [1.54, 1.807) is 11.1 Å². The summed E-state index contributed by atoms with van der Waals surface area (Å²) in [5.74, 6) is 1.09. The van der Waals surface area contributed by atoms with E-state index in [-0.39, 0.29) is 23.5 Å². The molecular formula is C26H34O2. The molecule has 2 aliphatic rings. The van der Waals surface area contributed by atoms with Gasteiger partial charge >= 0.3 is 0 Å². The van der Waals surface area contributed by atoms with Crippen molar-refractivity contribution in [3.8, 4) is 0 Å². The predicted molar refractivity (Wildman–Crippen MR) is 114 cm³/mol. The van der Waals surface area contributed by atoms with Gasteiger partial charge in [-0.1, -0.05) is 75.4 Å². The molecule has 28 heavy (non-hydrogen) atoms. The SMILES string of the molecule is CC1(C)C(C(OCCO)c2ccccc2)CC[C@]2(C)c3ccccc3CC[C@@H]12. The second-order valence-electron chi connectivity index (χ2n) is 9.56. The van der Waals surface area contributed by atoms with Crippen LogP contribution in [0.1, 0.15) is 62.8 Å². The zero-order chi connectivity index (χ0) is 19.8. The van der Waals surface area contributed by atoms with Gasteiger partial charge in [0.15, 0.2) is 0 Å². The van der Waals surface area contributed by atoms with Crippen LogP contribution in [0.4, 0.5) is 0 Å². The van der Waals surface area contributed by atoms with Crippen molar-refractivity contribution in [3.63, 3.8) is 0 Å². The normalized spacial score (nSPS) is 29.6. The molecule has 1 saturated carbocycles. The fourth-order valence-electron chi connectivity index (χ4n) is 6.50. The first-order chi connectivity index (χ1) is 13.5. The molecule has 2 heteroatoms. The lowest BCUT2D eigenvalue weighted by atomic mass is 9.46. The van der Waals surface area contributed by atoms with E-state index in [0.29, 0.717) is 18.4 Å². The van der Waals surface area contributed by atoms with E-state index in [1.165, 1.54) is 24.8 Å². The minimum absolute atomic E-state index is 0.0464. The number of rotatable bonds is 5. The molecule has 1 N–H and O–H groups in total. The van der Waals surface area contributed by atoms with Gasteiger partial charge in [0.1, 0.15) is 0 Å². The number of ether oxygens (including phenoxy) is 1. The van der Waals surface area contributed by atoms with Crippen LogP contribution in [0.15, 0.2) is 54.6 Å². The maximum absolute atomic E-state index is 9.40. The average Bonchev–Trinajstić information content (AvgIpc) is 2.70. The Kier molecular flexibility index (Phi) is 5.37. The second kappa shape index (κ2) is 7.65. The molecule has 150 valence electrons. The van der Waals surface area contributed by atoms with Crippen LogP contribution in [0, 0.1) is 17.3 Å². The summed E-state index contributed by atoms with van der Waals surface area (Å²) in [5.41, 5.74) is 4.77. The number of aliphatic hydroxyl groups is 1. The monoisotopic (exact) mass is 378 g/mol. The minimum Gasteiger partial charge on any atom is -0.394 e. The van der Waals surface area contributed by atoms with Crippen molar-refractivity contribution in [2.75, 3.05) is 13.2 Å². The molecule has 4 rings (SSSR count). The Hall–Kier alpha value is -1.64. The lowest BCUT2D eigenvalue weighted by molar-refractivity contribution is -0.103. The molecule has 2 aliphatic carbocycles. The molecule has 0 spiro atoms. The standard InChI is InChI=1S/C26H34O2/c1-25(2)22(24(28-18-17-27)20-10-5-4-6-11-20)15-16-26(3)21-12-8-7-9-19(21)13-14-23(25)26/h4-12,22-24,27H,13-18H2,1-3H3/t22?,23-,24?,26+/m0/s1. The second-order valence-corrected chi connectivity index (χ2v) is 9.56. The summed E-state index contributed by atoms with van der Waals surface area (Å²) in [5, 5.41) is 9.40. The fourth-order valence-corrected chi connectivity index (χ4v) is 6.50. The molecule has 0 aromatic heterocycles. The number of hydrogen-bond donors (Lipinski definition) is 1. The van der Waals surface area contributed by atoms with Gasteiger partial charge in [-0.3, -0.25) is 0 Å². The maximum Gasteiger partial charge on any atom is 0.0859 e. The summed E-state index contributed by atoms with van der Waals surface area (Å²) in [4.78, 5) is 0. The first-order valence-electron chi connectivity index (χ1n) is 10.8. The van der Waals surface area contributed by atoms with E-state index in [9.17, 15) is 5.11 Å². The van der Waals surface area contributed by atoms with E-state index in [1.807, 2.05) is 0 Å². The van der Waals surface area contributed by atoms with E-state index >= 15 is 0 Å². The van der Waals surface area contributed by atoms with Crippen LogP contribution in [0.5, 0.6) is 0 Å². The zero-order valence-electron chi connectivity index (χ0n) is 17.5. The van der Waals surface area contributed by atoms with Crippen molar-refractivity contribution in [3.05, 3.63) is 71.3 Å². The van der Waals surface area contributed by atoms with Crippen molar-refractivity contribution in [1.29, 1.82) is 0 Å². The average molecular weight is 379 g/mol. The third-order valence-corrected chi connectivity index (χ3v) is 7.81. The highest BCUT2D eigenvalue weighted by atomic mass is 16.5. The van der Waals surface area contributed by atoms with Crippen LogP contribution < -0.4 is 0 Å². The van der Waals surface area contributed by atoms with Crippen molar-refractivity contribution in [1.82, 2.24) is 0 Å². The molecule has 2 aromatic rings. The lowest BCUT2D eigenvalue weighted by Crippen LogP contribution is -2.53. The van der Waals surface area contributed by atoms with Gasteiger partial charge in [-0.25, -0.2) is 0 Å². The summed E-state index contributed by atoms with van der Waals surface area (Å²) in [7, 11) is 0. The topological polar surface area (TPSA) is 29.5 Å². The molecule has 0 heterocycles. The highest BCUT2D eigenvalue weighted by molar-refractivity contribution is 5.39. The summed E-state index contributed by atoms with van der Waals surface area (Å²) in [6.07, 6.45) is 4.83. The summed E-state index contributed by atoms with van der Waals surface area (Å²) in [6, 6.07) is 19.7. The third-order valence-electron chi connectivity index (χ3n) is 7.81. The smallest absolute Gasteiger partial charge is 0.0859 e. The summed E-state index contributed by atoms with van der Waals surface area (Å²) in [6.45, 7) is 7.90. The number of hydrogen-bond acceptors (Lipinski definition) is 2. The first kappa shape index (κ1) is 19.7. The van der Waals surface area contributed by atoms with Crippen LogP contribution >= 0.6 is 0 Å². The maximum atomic E-state index is 9.40. The van der Waals surface area contributed by atoms with Crippen molar-refractivity contribution >= 4 is 0 Å². The van der Waals surface area contributed by atoms with Crippen LogP contribution in [0.25, 0.3) is 0 Å². The van der Waals surface area contributed by atoms with Crippen LogP contribution in [-0.2, 0) is 16.6 Å². The Bertz CT molecular complexity index is 797. The Morgan fingerprint density at radius 1 is 1.00 bits per heavy atom. The van der Waals surface area contributed by atoms with Crippen molar-refractivity contribution < 1.29 is 9.84 Å². The minimum atomic E-state index is 0.0464. The van der Waals surface area contributed by atoms with Gasteiger partial charge in [0.25, 0.3) is 0 Å². The van der Waals surface area contributed by atoms with Crippen LogP contribution in [0.2, 0.25) is 0 Å².